The molecule has 0 saturated carbocycles. The monoisotopic (exact) mass is 436 g/mol. The van der Waals surface area contributed by atoms with Crippen molar-refractivity contribution in [2.75, 3.05) is 7.11 Å². The van der Waals surface area contributed by atoms with Gasteiger partial charge in [-0.1, -0.05) is 60.7 Å². The highest BCUT2D eigenvalue weighted by molar-refractivity contribution is 5.94. The molecule has 164 valence electrons. The van der Waals surface area contributed by atoms with Gasteiger partial charge in [-0.15, -0.1) is 0 Å². The second-order valence-electron chi connectivity index (χ2n) is 7.31. The summed E-state index contributed by atoms with van der Waals surface area (Å²) >= 11 is 0. The van der Waals surface area contributed by atoms with Gasteiger partial charge in [-0.25, -0.2) is 5.43 Å². The fourth-order valence-corrected chi connectivity index (χ4v) is 3.33. The Morgan fingerprint density at radius 2 is 1.67 bits per heavy atom. The van der Waals surface area contributed by atoms with Crippen LogP contribution in [0.5, 0.6) is 11.5 Å². The number of carbonyl (C=O) groups excluding carboxylic acids is 1. The molecular formula is C28H24N2O3. The Morgan fingerprint density at radius 3 is 2.48 bits per heavy atom. The minimum Gasteiger partial charge on any atom is -0.496 e. The molecule has 0 aliphatic heterocycles. The van der Waals surface area contributed by atoms with E-state index in [1.165, 1.54) is 11.6 Å². The highest BCUT2D eigenvalue weighted by atomic mass is 16.5. The lowest BCUT2D eigenvalue weighted by Gasteiger charge is -2.08. The summed E-state index contributed by atoms with van der Waals surface area (Å²) in [4.78, 5) is 12.3. The molecule has 0 heterocycles. The highest BCUT2D eigenvalue weighted by Gasteiger charge is 2.05. The largest absolute Gasteiger partial charge is 0.496 e. The molecular weight excluding hydrogens is 412 g/mol. The van der Waals surface area contributed by atoms with Crippen molar-refractivity contribution in [3.05, 3.63) is 114 Å². The molecule has 33 heavy (non-hydrogen) atoms. The van der Waals surface area contributed by atoms with Crippen molar-refractivity contribution in [3.63, 3.8) is 0 Å². The number of hydrogen-bond acceptors (Lipinski definition) is 4. The quantitative estimate of drug-likeness (QED) is 0.278. The summed E-state index contributed by atoms with van der Waals surface area (Å²) in [6.07, 6.45) is 5.13. The van der Waals surface area contributed by atoms with Gasteiger partial charge in [-0.05, 0) is 58.8 Å². The molecule has 0 aromatic heterocycles. The number of para-hydroxylation sites is 1. The van der Waals surface area contributed by atoms with Gasteiger partial charge >= 0.3 is 0 Å². The van der Waals surface area contributed by atoms with Crippen molar-refractivity contribution in [2.45, 2.75) is 6.61 Å². The Kier molecular flexibility index (Phi) is 7.13. The van der Waals surface area contributed by atoms with Crippen molar-refractivity contribution in [2.24, 2.45) is 5.10 Å². The molecule has 0 bridgehead atoms. The number of hydrazone groups is 1. The third-order valence-corrected chi connectivity index (χ3v) is 5.08. The lowest BCUT2D eigenvalue weighted by molar-refractivity contribution is 0.0955. The summed E-state index contributed by atoms with van der Waals surface area (Å²) in [5, 5.41) is 6.28. The number of nitrogens with zero attached hydrogens (tertiary/aromatic N) is 1. The fraction of sp³-hybridized carbons (Fsp3) is 0.0714. The van der Waals surface area contributed by atoms with Crippen molar-refractivity contribution in [1.29, 1.82) is 0 Å². The maximum Gasteiger partial charge on any atom is 0.271 e. The van der Waals surface area contributed by atoms with Crippen LogP contribution in [0.15, 0.2) is 102 Å². The van der Waals surface area contributed by atoms with Gasteiger partial charge in [0.2, 0.25) is 0 Å². The standard InChI is InChI=1S/C28H24N2O3/c1-32-27-11-5-4-8-23(27)10-6-18-29-30-28(31)24-14-12-21(13-15-24)20-33-26-17-16-22-7-2-3-9-25(22)19-26/h2-19H,20H2,1H3,(H,30,31). The Labute approximate surface area is 193 Å². The molecule has 4 aromatic rings. The third kappa shape index (κ3) is 5.86. The SMILES string of the molecule is COc1ccccc1C=CC=NNC(=O)c1ccc(COc2ccc3ccccc3c2)cc1. The predicted molar refractivity (Wildman–Crippen MR) is 133 cm³/mol. The molecule has 0 aliphatic rings. The smallest absolute Gasteiger partial charge is 0.271 e. The molecule has 5 nitrogen and oxygen atoms in total. The van der Waals surface area contributed by atoms with E-state index in [2.05, 4.69) is 22.7 Å². The van der Waals surface area contributed by atoms with Crippen LogP contribution in [0.4, 0.5) is 0 Å². The minimum absolute atomic E-state index is 0.279. The predicted octanol–water partition coefficient (Wildman–Crippen LogP) is 5.86. The van der Waals surface area contributed by atoms with Crippen LogP contribution in [0.1, 0.15) is 21.5 Å². The number of allylic oxidation sites excluding steroid dienone is 1. The van der Waals surface area contributed by atoms with Gasteiger partial charge in [0.05, 0.1) is 7.11 Å². The van der Waals surface area contributed by atoms with E-state index in [0.717, 1.165) is 28.0 Å². The number of hydrogen-bond donors (Lipinski definition) is 1. The van der Waals surface area contributed by atoms with E-state index in [1.807, 2.05) is 72.8 Å². The van der Waals surface area contributed by atoms with Crippen molar-refractivity contribution in [3.8, 4) is 11.5 Å². The van der Waals surface area contributed by atoms with Crippen molar-refractivity contribution >= 4 is 29.0 Å². The van der Waals surface area contributed by atoms with E-state index >= 15 is 0 Å². The number of nitrogens with one attached hydrogen (secondary N) is 1. The summed E-state index contributed by atoms with van der Waals surface area (Å²) in [6.45, 7) is 0.423. The lowest BCUT2D eigenvalue weighted by atomic mass is 10.1. The molecule has 0 atom stereocenters. The second kappa shape index (κ2) is 10.8. The van der Waals surface area contributed by atoms with E-state index in [-0.39, 0.29) is 5.91 Å². The first-order valence-electron chi connectivity index (χ1n) is 10.6. The van der Waals surface area contributed by atoms with Crippen molar-refractivity contribution < 1.29 is 14.3 Å². The molecule has 0 radical (unpaired) electrons. The summed E-state index contributed by atoms with van der Waals surface area (Å²) in [6, 6.07) is 29.1. The van der Waals surface area contributed by atoms with Gasteiger partial charge in [-0.3, -0.25) is 4.79 Å². The van der Waals surface area contributed by atoms with Crippen LogP contribution < -0.4 is 14.9 Å². The molecule has 4 rings (SSSR count). The number of amides is 1. The Morgan fingerprint density at radius 1 is 0.909 bits per heavy atom. The summed E-state index contributed by atoms with van der Waals surface area (Å²) in [7, 11) is 1.63. The maximum atomic E-state index is 12.3. The van der Waals surface area contributed by atoms with Gasteiger partial charge in [-0.2, -0.15) is 5.10 Å². The summed E-state index contributed by atoms with van der Waals surface area (Å²) < 4.78 is 11.2. The van der Waals surface area contributed by atoms with Gasteiger partial charge in [0.25, 0.3) is 5.91 Å². The molecule has 0 spiro atoms. The minimum atomic E-state index is -0.279. The average Bonchev–Trinajstić information content (AvgIpc) is 2.87. The van der Waals surface area contributed by atoms with Crippen LogP contribution >= 0.6 is 0 Å². The van der Waals surface area contributed by atoms with Crippen LogP contribution in [0.3, 0.4) is 0 Å². The molecule has 5 heteroatoms. The van der Waals surface area contributed by atoms with Crippen LogP contribution in [0.2, 0.25) is 0 Å². The number of fused-ring (bicyclic) bond motifs is 1. The van der Waals surface area contributed by atoms with Crippen molar-refractivity contribution in [1.82, 2.24) is 5.43 Å². The molecule has 0 unspecified atom stereocenters. The van der Waals surface area contributed by atoms with Gasteiger partial charge in [0.1, 0.15) is 18.1 Å². The van der Waals surface area contributed by atoms with E-state index in [4.69, 9.17) is 9.47 Å². The summed E-state index contributed by atoms with van der Waals surface area (Å²) in [5.74, 6) is 1.31. The number of rotatable bonds is 8. The van der Waals surface area contributed by atoms with Gasteiger partial charge < -0.3 is 9.47 Å². The summed E-state index contributed by atoms with van der Waals surface area (Å²) in [5.41, 5.74) is 4.95. The fourth-order valence-electron chi connectivity index (χ4n) is 3.33. The highest BCUT2D eigenvalue weighted by Crippen LogP contribution is 2.21. The molecule has 0 aliphatic carbocycles. The lowest BCUT2D eigenvalue weighted by Crippen LogP contribution is -2.17. The first-order valence-corrected chi connectivity index (χ1v) is 10.6. The van der Waals surface area contributed by atoms with Crippen LogP contribution in [-0.4, -0.2) is 19.2 Å². The second-order valence-corrected chi connectivity index (χ2v) is 7.31. The number of carbonyl (C=O) groups is 1. The zero-order chi connectivity index (χ0) is 22.9. The Balaban J connectivity index is 1.28. The number of methoxy groups -OCH3 is 1. The first-order chi connectivity index (χ1) is 16.2. The molecule has 0 fully saturated rings. The zero-order valence-electron chi connectivity index (χ0n) is 18.3. The topological polar surface area (TPSA) is 59.9 Å². The van der Waals surface area contributed by atoms with E-state index < -0.39 is 0 Å². The van der Waals surface area contributed by atoms with Gasteiger partial charge in [0.15, 0.2) is 0 Å². The normalized spacial score (nSPS) is 11.2. The Hall–Kier alpha value is -4.38. The molecule has 1 N–H and O–H groups in total. The average molecular weight is 437 g/mol. The third-order valence-electron chi connectivity index (χ3n) is 5.08. The van der Waals surface area contributed by atoms with E-state index in [0.29, 0.717) is 12.2 Å². The van der Waals surface area contributed by atoms with Crippen LogP contribution in [0, 0.1) is 0 Å². The number of benzene rings is 4. The van der Waals surface area contributed by atoms with Crippen LogP contribution in [0.25, 0.3) is 16.8 Å². The van der Waals surface area contributed by atoms with E-state index in [1.54, 1.807) is 25.3 Å². The van der Waals surface area contributed by atoms with Gasteiger partial charge in [0, 0.05) is 17.3 Å². The molecule has 1 amide bonds. The Bertz CT molecular complexity index is 1290. The first kappa shape index (κ1) is 21.8. The molecule has 4 aromatic carbocycles. The number of ether oxygens (including phenoxy) is 2. The van der Waals surface area contributed by atoms with E-state index in [9.17, 15) is 4.79 Å². The zero-order valence-corrected chi connectivity index (χ0v) is 18.3. The molecule has 0 saturated heterocycles. The maximum absolute atomic E-state index is 12.3. The van der Waals surface area contributed by atoms with Crippen LogP contribution in [-0.2, 0) is 6.61 Å².